The van der Waals surface area contributed by atoms with Gasteiger partial charge in [-0.15, -0.1) is 0 Å². The average molecular weight is 363 g/mol. The zero-order valence-corrected chi connectivity index (χ0v) is 14.2. The molecule has 1 heterocycles. The zero-order valence-electron chi connectivity index (χ0n) is 14.2. The molecule has 0 spiro atoms. The van der Waals surface area contributed by atoms with Gasteiger partial charge in [-0.05, 0) is 45.7 Å². The van der Waals surface area contributed by atoms with E-state index in [2.05, 4.69) is 0 Å². The van der Waals surface area contributed by atoms with E-state index >= 15 is 0 Å². The predicted molar refractivity (Wildman–Crippen MR) is 82.3 cm³/mol. The van der Waals surface area contributed by atoms with Crippen LogP contribution in [0.4, 0.5) is 22.4 Å². The number of aliphatic hydroxyl groups excluding tert-OH is 1. The summed E-state index contributed by atoms with van der Waals surface area (Å²) in [5, 5.41) is 10.3. The molecule has 0 radical (unpaired) electrons. The number of piperidine rings is 1. The molecule has 1 aliphatic rings. The van der Waals surface area contributed by atoms with Crippen LogP contribution in [0.25, 0.3) is 0 Å². The standard InChI is InChI=1S/C17H21F4NO3/c1-16(2,3)25-15(24)22-8-4-5-13(23)14(22)11-7-6-10(9-12(11)18)17(19,20)21/h6-7,9,13-14,23H,4-5,8H2,1-3H3/t13-,14-/m1/s1. The molecular weight excluding hydrogens is 342 g/mol. The van der Waals surface area contributed by atoms with Gasteiger partial charge in [-0.1, -0.05) is 6.07 Å². The van der Waals surface area contributed by atoms with Gasteiger partial charge in [0.2, 0.25) is 0 Å². The fraction of sp³-hybridized carbons (Fsp3) is 0.588. The minimum Gasteiger partial charge on any atom is -0.444 e. The molecule has 1 aromatic carbocycles. The SMILES string of the molecule is CC(C)(C)OC(=O)N1CCC[C@@H](O)[C@H]1c1ccc(C(F)(F)F)cc1F. The summed E-state index contributed by atoms with van der Waals surface area (Å²) in [6, 6.07) is 0.997. The number of hydrogen-bond donors (Lipinski definition) is 1. The van der Waals surface area contributed by atoms with Crippen molar-refractivity contribution >= 4 is 6.09 Å². The molecule has 0 unspecified atom stereocenters. The predicted octanol–water partition coefficient (Wildman–Crippen LogP) is 4.28. The molecule has 1 fully saturated rings. The number of aliphatic hydroxyl groups is 1. The maximum atomic E-state index is 14.3. The number of rotatable bonds is 1. The summed E-state index contributed by atoms with van der Waals surface area (Å²) in [7, 11) is 0. The third kappa shape index (κ3) is 4.62. The Morgan fingerprint density at radius 1 is 1.28 bits per heavy atom. The normalized spacial score (nSPS) is 22.0. The van der Waals surface area contributed by atoms with Gasteiger partial charge in [-0.25, -0.2) is 9.18 Å². The number of alkyl halides is 3. The van der Waals surface area contributed by atoms with E-state index in [1.807, 2.05) is 0 Å². The van der Waals surface area contributed by atoms with Gasteiger partial charge < -0.3 is 9.84 Å². The molecule has 2 atom stereocenters. The second kappa shape index (κ2) is 6.82. The van der Waals surface area contributed by atoms with Crippen LogP contribution in [0.5, 0.6) is 0 Å². The molecule has 0 aromatic heterocycles. The van der Waals surface area contributed by atoms with E-state index in [0.717, 1.165) is 12.1 Å². The fourth-order valence-electron chi connectivity index (χ4n) is 2.82. The van der Waals surface area contributed by atoms with E-state index in [9.17, 15) is 27.5 Å². The van der Waals surface area contributed by atoms with Crippen LogP contribution in [-0.2, 0) is 10.9 Å². The Bertz CT molecular complexity index is 640. The fourth-order valence-corrected chi connectivity index (χ4v) is 2.82. The van der Waals surface area contributed by atoms with Gasteiger partial charge in [-0.3, -0.25) is 4.90 Å². The number of carbonyl (C=O) groups is 1. The first kappa shape index (κ1) is 19.5. The Hall–Kier alpha value is -1.83. The van der Waals surface area contributed by atoms with Crippen molar-refractivity contribution in [2.75, 3.05) is 6.54 Å². The molecule has 0 saturated carbocycles. The lowest BCUT2D eigenvalue weighted by atomic mass is 9.91. The molecule has 4 nitrogen and oxygen atoms in total. The number of benzene rings is 1. The molecule has 2 rings (SSSR count). The summed E-state index contributed by atoms with van der Waals surface area (Å²) < 4.78 is 57.7. The third-order valence-electron chi connectivity index (χ3n) is 3.87. The number of carbonyl (C=O) groups excluding carboxylic acids is 1. The smallest absolute Gasteiger partial charge is 0.416 e. The summed E-state index contributed by atoms with van der Waals surface area (Å²) in [5.74, 6) is -1.12. The van der Waals surface area contributed by atoms with Crippen LogP contribution >= 0.6 is 0 Å². The minimum absolute atomic E-state index is 0.161. The van der Waals surface area contributed by atoms with Crippen molar-refractivity contribution in [2.45, 2.75) is 57.5 Å². The van der Waals surface area contributed by atoms with Crippen molar-refractivity contribution in [3.8, 4) is 0 Å². The van der Waals surface area contributed by atoms with Crippen molar-refractivity contribution < 1.29 is 32.2 Å². The van der Waals surface area contributed by atoms with Crippen molar-refractivity contribution in [1.82, 2.24) is 4.90 Å². The number of nitrogens with zero attached hydrogens (tertiary/aromatic N) is 1. The van der Waals surface area contributed by atoms with Crippen molar-refractivity contribution in [3.63, 3.8) is 0 Å². The van der Waals surface area contributed by atoms with Gasteiger partial charge in [0.05, 0.1) is 17.7 Å². The number of amides is 1. The summed E-state index contributed by atoms with van der Waals surface area (Å²) in [4.78, 5) is 13.5. The molecular formula is C17H21F4NO3. The summed E-state index contributed by atoms with van der Waals surface area (Å²) in [5.41, 5.74) is -2.07. The maximum absolute atomic E-state index is 14.3. The first-order valence-corrected chi connectivity index (χ1v) is 7.94. The quantitative estimate of drug-likeness (QED) is 0.758. The second-order valence-corrected chi connectivity index (χ2v) is 7.06. The summed E-state index contributed by atoms with van der Waals surface area (Å²) >= 11 is 0. The van der Waals surface area contributed by atoms with Crippen LogP contribution in [-0.4, -0.2) is 34.3 Å². The lowest BCUT2D eigenvalue weighted by Crippen LogP contribution is -2.47. The topological polar surface area (TPSA) is 49.8 Å². The highest BCUT2D eigenvalue weighted by molar-refractivity contribution is 5.69. The highest BCUT2D eigenvalue weighted by Gasteiger charge is 2.39. The average Bonchev–Trinajstić information content (AvgIpc) is 2.44. The van der Waals surface area contributed by atoms with Gasteiger partial charge in [-0.2, -0.15) is 13.2 Å². The highest BCUT2D eigenvalue weighted by Crippen LogP contribution is 2.36. The molecule has 1 saturated heterocycles. The molecule has 1 aromatic rings. The van der Waals surface area contributed by atoms with Crippen LogP contribution in [0.15, 0.2) is 18.2 Å². The van der Waals surface area contributed by atoms with Crippen LogP contribution in [0.2, 0.25) is 0 Å². The Labute approximate surface area is 143 Å². The number of halogens is 4. The largest absolute Gasteiger partial charge is 0.444 e. The number of likely N-dealkylation sites (tertiary alicyclic amines) is 1. The van der Waals surface area contributed by atoms with Gasteiger partial charge >= 0.3 is 12.3 Å². The van der Waals surface area contributed by atoms with Crippen molar-refractivity contribution in [2.24, 2.45) is 0 Å². The van der Waals surface area contributed by atoms with E-state index < -0.39 is 41.4 Å². The molecule has 0 aliphatic carbocycles. The Morgan fingerprint density at radius 3 is 2.44 bits per heavy atom. The second-order valence-electron chi connectivity index (χ2n) is 7.06. The van der Waals surface area contributed by atoms with Gasteiger partial charge in [0.1, 0.15) is 11.4 Å². The van der Waals surface area contributed by atoms with Crippen molar-refractivity contribution in [1.29, 1.82) is 0 Å². The Balaban J connectivity index is 2.37. The van der Waals surface area contributed by atoms with E-state index in [0.29, 0.717) is 18.9 Å². The maximum Gasteiger partial charge on any atom is 0.416 e. The molecule has 1 aliphatic heterocycles. The van der Waals surface area contributed by atoms with Crippen LogP contribution in [0.3, 0.4) is 0 Å². The molecule has 1 amide bonds. The van der Waals surface area contributed by atoms with Crippen LogP contribution < -0.4 is 0 Å². The summed E-state index contributed by atoms with van der Waals surface area (Å²) in [6.45, 7) is 5.22. The van der Waals surface area contributed by atoms with Crippen LogP contribution in [0.1, 0.15) is 50.8 Å². The first-order chi connectivity index (χ1) is 11.4. The van der Waals surface area contributed by atoms with Crippen molar-refractivity contribution in [3.05, 3.63) is 35.1 Å². The highest BCUT2D eigenvalue weighted by atomic mass is 19.4. The molecule has 140 valence electrons. The van der Waals surface area contributed by atoms with Gasteiger partial charge in [0.15, 0.2) is 0 Å². The minimum atomic E-state index is -4.67. The third-order valence-corrected chi connectivity index (χ3v) is 3.87. The zero-order chi connectivity index (χ0) is 19.0. The van der Waals surface area contributed by atoms with E-state index in [1.165, 1.54) is 4.90 Å². The summed E-state index contributed by atoms with van der Waals surface area (Å²) in [6.07, 6.45) is -5.71. The number of ether oxygens (including phenoxy) is 1. The lowest BCUT2D eigenvalue weighted by molar-refractivity contribution is -0.137. The van der Waals surface area contributed by atoms with E-state index in [4.69, 9.17) is 4.74 Å². The molecule has 1 N–H and O–H groups in total. The van der Waals surface area contributed by atoms with E-state index in [-0.39, 0.29) is 12.1 Å². The molecule has 25 heavy (non-hydrogen) atoms. The molecule has 0 bridgehead atoms. The monoisotopic (exact) mass is 363 g/mol. The Kier molecular flexibility index (Phi) is 5.32. The Morgan fingerprint density at radius 2 is 1.92 bits per heavy atom. The van der Waals surface area contributed by atoms with Gasteiger partial charge in [0, 0.05) is 12.1 Å². The first-order valence-electron chi connectivity index (χ1n) is 7.94. The lowest BCUT2D eigenvalue weighted by Gasteiger charge is -2.40. The van der Waals surface area contributed by atoms with E-state index in [1.54, 1.807) is 20.8 Å². The molecule has 8 heteroatoms. The number of hydrogen-bond acceptors (Lipinski definition) is 3. The van der Waals surface area contributed by atoms with Crippen LogP contribution in [0, 0.1) is 5.82 Å². The van der Waals surface area contributed by atoms with Gasteiger partial charge in [0.25, 0.3) is 0 Å².